The zero-order valence-electron chi connectivity index (χ0n) is 15.3. The van der Waals surface area contributed by atoms with Gasteiger partial charge in [0, 0.05) is 6.07 Å². The lowest BCUT2D eigenvalue weighted by Crippen LogP contribution is -2.49. The number of nitrogens with one attached hydrogen (secondary N) is 2. The smallest absolute Gasteiger partial charge is 0.345 e. The van der Waals surface area contributed by atoms with Crippen molar-refractivity contribution in [1.82, 2.24) is 15.8 Å². The summed E-state index contributed by atoms with van der Waals surface area (Å²) in [5.41, 5.74) is -0.162. The molecule has 0 saturated carbocycles. The molecule has 0 aromatic heterocycles. The van der Waals surface area contributed by atoms with Gasteiger partial charge in [0.1, 0.15) is 11.1 Å². The van der Waals surface area contributed by atoms with Crippen molar-refractivity contribution in [1.29, 1.82) is 0 Å². The minimum absolute atomic E-state index is 0.100. The summed E-state index contributed by atoms with van der Waals surface area (Å²) in [6.45, 7) is 2.14. The number of hydrogen-bond acceptors (Lipinski definition) is 9. The van der Waals surface area contributed by atoms with Crippen molar-refractivity contribution in [3.63, 3.8) is 0 Å². The summed E-state index contributed by atoms with van der Waals surface area (Å²) >= 11 is 0. The topological polar surface area (TPSA) is 166 Å². The Labute approximate surface area is 163 Å². The zero-order chi connectivity index (χ0) is 21.3. The molecular weight excluding hydrogens is 392 g/mol. The maximum Gasteiger partial charge on any atom is 0.345 e. The minimum Gasteiger partial charge on any atom is -0.454 e. The van der Waals surface area contributed by atoms with Gasteiger partial charge in [-0.25, -0.2) is 9.59 Å². The van der Waals surface area contributed by atoms with Crippen LogP contribution in [-0.2, 0) is 14.3 Å². The number of rotatable bonds is 6. The molecular formula is C16H16N4O9. The van der Waals surface area contributed by atoms with Crippen molar-refractivity contribution in [2.24, 2.45) is 0 Å². The Morgan fingerprint density at radius 3 is 2.59 bits per heavy atom. The second kappa shape index (κ2) is 7.26. The molecule has 1 atom stereocenters. The van der Waals surface area contributed by atoms with Crippen LogP contribution in [-0.4, -0.2) is 52.7 Å². The molecule has 3 rings (SSSR count). The van der Waals surface area contributed by atoms with Crippen molar-refractivity contribution in [3.8, 4) is 11.5 Å². The van der Waals surface area contributed by atoms with Gasteiger partial charge in [-0.2, -0.15) is 5.01 Å². The van der Waals surface area contributed by atoms with Gasteiger partial charge in [0.2, 0.25) is 6.79 Å². The predicted molar refractivity (Wildman–Crippen MR) is 91.7 cm³/mol. The lowest BCUT2D eigenvalue weighted by molar-refractivity contribution is -0.385. The number of fused-ring (bicyclic) bond motifs is 1. The third kappa shape index (κ3) is 3.61. The third-order valence-corrected chi connectivity index (χ3v) is 4.45. The van der Waals surface area contributed by atoms with Crippen LogP contribution in [0.5, 0.6) is 11.5 Å². The first kappa shape index (κ1) is 19.9. The monoisotopic (exact) mass is 408 g/mol. The fourth-order valence-electron chi connectivity index (χ4n) is 2.64. The highest BCUT2D eigenvalue weighted by Gasteiger charge is 2.47. The van der Waals surface area contributed by atoms with Crippen LogP contribution in [0.2, 0.25) is 0 Å². The molecule has 1 aromatic carbocycles. The molecule has 4 amide bonds. The largest absolute Gasteiger partial charge is 0.454 e. The van der Waals surface area contributed by atoms with Gasteiger partial charge in [0.15, 0.2) is 18.1 Å². The Kier molecular flexibility index (Phi) is 4.97. The summed E-state index contributed by atoms with van der Waals surface area (Å²) < 4.78 is 14.9. The van der Waals surface area contributed by atoms with Gasteiger partial charge in [-0.05, 0) is 13.3 Å². The van der Waals surface area contributed by atoms with Gasteiger partial charge in [0.05, 0.1) is 11.0 Å². The van der Waals surface area contributed by atoms with Gasteiger partial charge in [-0.1, -0.05) is 6.92 Å². The van der Waals surface area contributed by atoms with E-state index in [9.17, 15) is 29.3 Å². The van der Waals surface area contributed by atoms with Crippen LogP contribution in [0.4, 0.5) is 10.5 Å². The van der Waals surface area contributed by atoms with E-state index in [4.69, 9.17) is 14.2 Å². The van der Waals surface area contributed by atoms with Crippen LogP contribution in [0.15, 0.2) is 12.1 Å². The van der Waals surface area contributed by atoms with Crippen LogP contribution in [0, 0.1) is 10.1 Å². The molecule has 0 bridgehead atoms. The Bertz CT molecular complexity index is 931. The molecule has 29 heavy (non-hydrogen) atoms. The first-order valence-corrected chi connectivity index (χ1v) is 8.37. The number of esters is 1. The molecule has 0 aliphatic carbocycles. The first-order valence-electron chi connectivity index (χ1n) is 8.37. The van der Waals surface area contributed by atoms with Crippen molar-refractivity contribution in [3.05, 3.63) is 27.8 Å². The Balaban J connectivity index is 1.66. The fourth-order valence-corrected chi connectivity index (χ4v) is 2.64. The van der Waals surface area contributed by atoms with E-state index in [0.29, 0.717) is 11.4 Å². The second-order valence-electron chi connectivity index (χ2n) is 6.35. The molecule has 1 aromatic rings. The van der Waals surface area contributed by atoms with E-state index in [1.807, 2.05) is 5.43 Å². The number of hydrogen-bond donors (Lipinski definition) is 2. The molecule has 13 nitrogen and oxygen atoms in total. The van der Waals surface area contributed by atoms with E-state index in [-0.39, 0.29) is 18.3 Å². The van der Waals surface area contributed by atoms with Crippen LogP contribution in [0.3, 0.4) is 0 Å². The molecule has 1 saturated heterocycles. The van der Waals surface area contributed by atoms with Crippen molar-refractivity contribution in [2.45, 2.75) is 25.8 Å². The summed E-state index contributed by atoms with van der Waals surface area (Å²) in [7, 11) is 0. The molecule has 2 aliphatic heterocycles. The molecule has 2 N–H and O–H groups in total. The third-order valence-electron chi connectivity index (χ3n) is 4.45. The highest BCUT2D eigenvalue weighted by atomic mass is 16.7. The Morgan fingerprint density at radius 2 is 2.00 bits per heavy atom. The lowest BCUT2D eigenvalue weighted by atomic mass is 10.00. The van der Waals surface area contributed by atoms with E-state index in [0.717, 1.165) is 12.1 Å². The maximum absolute atomic E-state index is 12.2. The fraction of sp³-hybridized carbons (Fsp3) is 0.375. The summed E-state index contributed by atoms with van der Waals surface area (Å²) in [5, 5.41) is 14.1. The van der Waals surface area contributed by atoms with Crippen LogP contribution in [0.25, 0.3) is 0 Å². The number of nitro groups is 1. The SMILES string of the molecule is CCC1(C)NC(=O)N(NC(=O)COC(=O)c2cc3c(cc2[N+](=O)[O-])OCO3)C1=O. The number of nitro benzene ring substituents is 1. The maximum atomic E-state index is 12.2. The number of carbonyl (C=O) groups is 4. The van der Waals surface area contributed by atoms with Gasteiger partial charge in [-0.3, -0.25) is 25.1 Å². The molecule has 2 heterocycles. The number of ether oxygens (including phenoxy) is 3. The highest BCUT2D eigenvalue weighted by Crippen LogP contribution is 2.38. The van der Waals surface area contributed by atoms with Crippen LogP contribution < -0.4 is 20.2 Å². The molecule has 13 heteroatoms. The average Bonchev–Trinajstić information content (AvgIpc) is 3.23. The van der Waals surface area contributed by atoms with E-state index in [1.54, 1.807) is 6.92 Å². The lowest BCUT2D eigenvalue weighted by Gasteiger charge is -2.19. The standard InChI is InChI=1S/C16H16N4O9/c1-3-16(2)14(23)19(15(24)17-16)18-12(21)6-27-13(22)8-4-10-11(29-7-28-10)5-9(8)20(25)26/h4-5H,3,6-7H2,1-2H3,(H,17,24)(H,18,21). The van der Waals surface area contributed by atoms with Crippen LogP contribution in [0.1, 0.15) is 30.6 Å². The summed E-state index contributed by atoms with van der Waals surface area (Å²) in [4.78, 5) is 58.7. The molecule has 2 aliphatic rings. The average molecular weight is 408 g/mol. The molecule has 1 fully saturated rings. The summed E-state index contributed by atoms with van der Waals surface area (Å²) in [6, 6.07) is 1.26. The van der Waals surface area contributed by atoms with Gasteiger partial charge in [-0.15, -0.1) is 0 Å². The van der Waals surface area contributed by atoms with E-state index in [1.165, 1.54) is 6.92 Å². The van der Waals surface area contributed by atoms with E-state index < -0.39 is 52.1 Å². The number of hydrazine groups is 1. The number of amides is 4. The second-order valence-corrected chi connectivity index (χ2v) is 6.35. The van der Waals surface area contributed by atoms with Gasteiger partial charge >= 0.3 is 12.0 Å². The number of urea groups is 1. The quantitative estimate of drug-likeness (QED) is 0.290. The van der Waals surface area contributed by atoms with Crippen LogP contribution >= 0.6 is 0 Å². The number of nitrogens with zero attached hydrogens (tertiary/aromatic N) is 2. The van der Waals surface area contributed by atoms with Gasteiger partial charge in [0.25, 0.3) is 17.5 Å². The van der Waals surface area contributed by atoms with Crippen molar-refractivity contribution >= 4 is 29.5 Å². The molecule has 1 unspecified atom stereocenters. The number of benzene rings is 1. The molecule has 0 radical (unpaired) electrons. The summed E-state index contributed by atoms with van der Waals surface area (Å²) in [5.74, 6) is -2.60. The minimum atomic E-state index is -1.17. The van der Waals surface area contributed by atoms with Crippen molar-refractivity contribution < 1.29 is 38.3 Å². The normalized spacial score (nSPS) is 19.7. The van der Waals surface area contributed by atoms with Crippen molar-refractivity contribution in [2.75, 3.05) is 13.4 Å². The summed E-state index contributed by atoms with van der Waals surface area (Å²) in [6.07, 6.45) is 0.298. The Morgan fingerprint density at radius 1 is 1.34 bits per heavy atom. The first-order chi connectivity index (χ1) is 13.7. The van der Waals surface area contributed by atoms with E-state index in [2.05, 4.69) is 5.32 Å². The molecule has 0 spiro atoms. The highest BCUT2D eigenvalue weighted by molar-refractivity contribution is 6.07. The number of imide groups is 1. The predicted octanol–water partition coefficient (Wildman–Crippen LogP) is 0.232. The molecule has 154 valence electrons. The van der Waals surface area contributed by atoms with Gasteiger partial charge < -0.3 is 19.5 Å². The number of carbonyl (C=O) groups excluding carboxylic acids is 4. The zero-order valence-corrected chi connectivity index (χ0v) is 15.3. The van der Waals surface area contributed by atoms with E-state index >= 15 is 0 Å². The Hall–Kier alpha value is -3.90.